The zero-order chi connectivity index (χ0) is 40.4. The monoisotopic (exact) mass is 779 g/mol. The van der Waals surface area contributed by atoms with Crippen molar-refractivity contribution in [3.63, 3.8) is 0 Å². The van der Waals surface area contributed by atoms with Crippen molar-refractivity contribution in [3.8, 4) is 28.4 Å². The van der Waals surface area contributed by atoms with Gasteiger partial charge in [0.2, 0.25) is 0 Å². The molecule has 1 aliphatic rings. The van der Waals surface area contributed by atoms with Crippen LogP contribution in [0.4, 0.5) is 10.5 Å². The van der Waals surface area contributed by atoms with Gasteiger partial charge in [0.25, 0.3) is 0 Å². The third kappa shape index (κ3) is 10.3. The lowest BCUT2D eigenvalue weighted by Crippen LogP contribution is -2.44. The van der Waals surface area contributed by atoms with E-state index in [1.54, 1.807) is 36.4 Å². The van der Waals surface area contributed by atoms with E-state index in [1.165, 1.54) is 0 Å². The summed E-state index contributed by atoms with van der Waals surface area (Å²) in [5, 5.41) is 36.4. The lowest BCUT2D eigenvalue weighted by atomic mass is 9.90. The highest BCUT2D eigenvalue weighted by Gasteiger charge is 2.39. The van der Waals surface area contributed by atoms with Gasteiger partial charge in [0.1, 0.15) is 17.2 Å². The topological polar surface area (TPSA) is 133 Å². The van der Waals surface area contributed by atoms with Crippen molar-refractivity contribution >= 4 is 11.7 Å². The van der Waals surface area contributed by atoms with E-state index in [0.29, 0.717) is 36.6 Å². The normalized spacial score (nSPS) is 18.4. The Kier molecular flexibility index (Phi) is 13.1. The SMILES string of the molecule is CC1C(CN(C)CC(O)c2cccc(O)c2)OC(c2ccc(-c3ccccc3CNC(=O)Nc3ccc(Oc4ccccc4)cc3)cc2)OC1c1ccc(CO)cc1. The molecule has 298 valence electrons. The first-order valence-corrected chi connectivity index (χ1v) is 19.4. The molecule has 0 radical (unpaired) electrons. The third-order valence-electron chi connectivity index (χ3n) is 10.4. The summed E-state index contributed by atoms with van der Waals surface area (Å²) in [6.45, 7) is 3.26. The largest absolute Gasteiger partial charge is 0.508 e. The van der Waals surface area contributed by atoms with Gasteiger partial charge in [0, 0.05) is 36.8 Å². The maximum atomic E-state index is 12.9. The first-order valence-electron chi connectivity index (χ1n) is 19.4. The van der Waals surface area contributed by atoms with Crippen LogP contribution < -0.4 is 15.4 Å². The molecule has 1 aliphatic heterocycles. The van der Waals surface area contributed by atoms with Gasteiger partial charge in [0.05, 0.1) is 24.9 Å². The number of hydrogen-bond acceptors (Lipinski definition) is 8. The molecule has 2 amide bonds. The van der Waals surface area contributed by atoms with Crippen molar-refractivity contribution in [1.29, 1.82) is 0 Å². The molecule has 0 bridgehead atoms. The number of carbonyl (C=O) groups is 1. The van der Waals surface area contributed by atoms with Gasteiger partial charge < -0.3 is 45.1 Å². The number of nitrogens with zero attached hydrogens (tertiary/aromatic N) is 1. The fourth-order valence-electron chi connectivity index (χ4n) is 7.20. The number of ether oxygens (including phenoxy) is 3. The van der Waals surface area contributed by atoms with Crippen LogP contribution in [0.2, 0.25) is 0 Å². The quantitative estimate of drug-likeness (QED) is 0.0740. The van der Waals surface area contributed by atoms with Crippen LogP contribution >= 0.6 is 0 Å². The van der Waals surface area contributed by atoms with Gasteiger partial charge in [-0.05, 0) is 89.0 Å². The van der Waals surface area contributed by atoms with Crippen LogP contribution in [-0.4, -0.2) is 52.5 Å². The fourth-order valence-corrected chi connectivity index (χ4v) is 7.20. The molecule has 0 aliphatic carbocycles. The first-order chi connectivity index (χ1) is 28.2. The molecule has 0 spiro atoms. The molecule has 1 fully saturated rings. The van der Waals surface area contributed by atoms with Crippen LogP contribution in [0.3, 0.4) is 0 Å². The van der Waals surface area contributed by atoms with E-state index < -0.39 is 12.4 Å². The van der Waals surface area contributed by atoms with Crippen LogP contribution in [-0.2, 0) is 22.6 Å². The van der Waals surface area contributed by atoms with Gasteiger partial charge >= 0.3 is 6.03 Å². The second-order valence-electron chi connectivity index (χ2n) is 14.7. The molecule has 6 aromatic rings. The van der Waals surface area contributed by atoms with Gasteiger partial charge in [0.15, 0.2) is 6.29 Å². The van der Waals surface area contributed by atoms with Crippen molar-refractivity contribution in [2.75, 3.05) is 25.5 Å². The molecule has 7 rings (SSSR count). The van der Waals surface area contributed by atoms with Gasteiger partial charge in [-0.15, -0.1) is 0 Å². The summed E-state index contributed by atoms with van der Waals surface area (Å²) in [7, 11) is 1.95. The smallest absolute Gasteiger partial charge is 0.319 e. The summed E-state index contributed by atoms with van der Waals surface area (Å²) in [6.07, 6.45) is -2.00. The summed E-state index contributed by atoms with van der Waals surface area (Å²) in [6, 6.07) is 47.0. The Morgan fingerprint density at radius 2 is 1.48 bits per heavy atom. The number of para-hydroxylation sites is 1. The van der Waals surface area contributed by atoms with E-state index in [0.717, 1.165) is 39.1 Å². The van der Waals surface area contributed by atoms with Crippen LogP contribution in [0.5, 0.6) is 17.2 Å². The van der Waals surface area contributed by atoms with Crippen LogP contribution in [0.15, 0.2) is 152 Å². The number of hydrogen-bond donors (Lipinski definition) is 5. The van der Waals surface area contributed by atoms with Gasteiger partial charge in [-0.3, -0.25) is 0 Å². The molecule has 0 aromatic heterocycles. The number of benzene rings is 6. The summed E-state index contributed by atoms with van der Waals surface area (Å²) in [5.41, 5.74) is 6.88. The molecule has 5 unspecified atom stereocenters. The molecule has 5 N–H and O–H groups in total. The van der Waals surface area contributed by atoms with Gasteiger partial charge in [-0.25, -0.2) is 4.79 Å². The molecule has 1 heterocycles. The molecular weight excluding hydrogens is 731 g/mol. The summed E-state index contributed by atoms with van der Waals surface area (Å²) in [5.74, 6) is 1.48. The van der Waals surface area contributed by atoms with Gasteiger partial charge in [-0.2, -0.15) is 0 Å². The highest BCUT2D eigenvalue weighted by Crippen LogP contribution is 2.42. The molecule has 58 heavy (non-hydrogen) atoms. The minimum Gasteiger partial charge on any atom is -0.508 e. The Balaban J connectivity index is 1.02. The Labute approximate surface area is 339 Å². The van der Waals surface area contributed by atoms with E-state index in [4.69, 9.17) is 14.2 Å². The molecule has 0 saturated carbocycles. The van der Waals surface area contributed by atoms with E-state index >= 15 is 0 Å². The maximum Gasteiger partial charge on any atom is 0.319 e. The molecule has 1 saturated heterocycles. The Morgan fingerprint density at radius 1 is 0.793 bits per heavy atom. The third-order valence-corrected chi connectivity index (χ3v) is 10.4. The number of nitrogens with one attached hydrogen (secondary N) is 2. The zero-order valence-corrected chi connectivity index (χ0v) is 32.6. The number of carbonyl (C=O) groups excluding carboxylic acids is 1. The maximum absolute atomic E-state index is 12.9. The molecule has 6 aromatic carbocycles. The van der Waals surface area contributed by atoms with E-state index in [-0.39, 0.29) is 36.5 Å². The van der Waals surface area contributed by atoms with Crippen LogP contribution in [0, 0.1) is 5.92 Å². The van der Waals surface area contributed by atoms with Crippen molar-refractivity contribution in [1.82, 2.24) is 10.2 Å². The highest BCUT2D eigenvalue weighted by atomic mass is 16.7. The average molecular weight is 780 g/mol. The minimum absolute atomic E-state index is 0.0404. The number of phenolic OH excluding ortho intramolecular Hbond substituents is 1. The number of amides is 2. The number of anilines is 1. The number of aliphatic hydroxyl groups is 2. The summed E-state index contributed by atoms with van der Waals surface area (Å²) >= 11 is 0. The number of rotatable bonds is 14. The Morgan fingerprint density at radius 3 is 2.21 bits per heavy atom. The second-order valence-corrected chi connectivity index (χ2v) is 14.7. The Bertz CT molecular complexity index is 2230. The van der Waals surface area contributed by atoms with E-state index in [2.05, 4.69) is 17.6 Å². The van der Waals surface area contributed by atoms with Crippen LogP contribution in [0.25, 0.3) is 11.1 Å². The zero-order valence-electron chi connectivity index (χ0n) is 32.6. The highest BCUT2D eigenvalue weighted by molar-refractivity contribution is 5.89. The predicted molar refractivity (Wildman–Crippen MR) is 224 cm³/mol. The second kappa shape index (κ2) is 19.0. The number of likely N-dealkylation sites (N-methyl/N-ethyl adjacent to an activating group) is 1. The molecule has 10 heteroatoms. The predicted octanol–water partition coefficient (Wildman–Crippen LogP) is 9.12. The lowest BCUT2D eigenvalue weighted by molar-refractivity contribution is -0.276. The summed E-state index contributed by atoms with van der Waals surface area (Å²) in [4.78, 5) is 15.0. The number of urea groups is 1. The van der Waals surface area contributed by atoms with Gasteiger partial charge in [-0.1, -0.05) is 110 Å². The van der Waals surface area contributed by atoms with Crippen molar-refractivity contribution in [3.05, 3.63) is 179 Å². The number of phenols is 1. The van der Waals surface area contributed by atoms with Crippen molar-refractivity contribution in [2.45, 2.75) is 44.7 Å². The molecular formula is C48H49N3O7. The summed E-state index contributed by atoms with van der Waals surface area (Å²) < 4.78 is 19.2. The lowest BCUT2D eigenvalue weighted by Gasteiger charge is -2.42. The first kappa shape index (κ1) is 40.2. The van der Waals surface area contributed by atoms with Crippen LogP contribution in [0.1, 0.15) is 53.2 Å². The van der Waals surface area contributed by atoms with Crippen molar-refractivity contribution < 1.29 is 34.3 Å². The standard InChI is InChI=1S/C48H49N3O7/c1-32-45(30-51(2)29-44(54)37-10-8-11-40(53)27-37)57-47(58-46(32)35-17-15-33(31-52)16-18-35)36-21-19-34(20-22-36)43-14-7-6-9-38(43)28-49-48(55)50-39-23-25-42(26-24-39)56-41-12-4-3-5-13-41/h3-27,32,44-47,52-54H,28-31H2,1-2H3,(H2,49,50,55). The molecule has 10 nitrogen and oxygen atoms in total. The average Bonchev–Trinajstić information content (AvgIpc) is 3.25. The Hall–Kier alpha value is -6.01. The van der Waals surface area contributed by atoms with Crippen molar-refractivity contribution in [2.24, 2.45) is 5.92 Å². The van der Waals surface area contributed by atoms with E-state index in [9.17, 15) is 20.1 Å². The number of aromatic hydroxyl groups is 1. The minimum atomic E-state index is -0.789. The number of aliphatic hydroxyl groups excluding tert-OH is 2. The molecule has 5 atom stereocenters. The fraction of sp³-hybridized carbons (Fsp3) is 0.229. The van der Waals surface area contributed by atoms with E-state index in [1.807, 2.05) is 127 Å².